The van der Waals surface area contributed by atoms with E-state index in [4.69, 9.17) is 21.0 Å². The van der Waals surface area contributed by atoms with E-state index < -0.39 is 41.2 Å². The van der Waals surface area contributed by atoms with Crippen LogP contribution in [0.2, 0.25) is 5.02 Å². The van der Waals surface area contributed by atoms with E-state index in [-0.39, 0.29) is 10.5 Å². The second-order valence-electron chi connectivity index (χ2n) is 9.11. The lowest BCUT2D eigenvalue weighted by molar-refractivity contribution is -0.136. The van der Waals surface area contributed by atoms with Crippen LogP contribution < -0.4 is 5.46 Å². The van der Waals surface area contributed by atoms with Crippen LogP contribution in [0.15, 0.2) is 95.9 Å². The van der Waals surface area contributed by atoms with Crippen molar-refractivity contribution in [3.8, 4) is 0 Å². The zero-order valence-electron chi connectivity index (χ0n) is 20.6. The summed E-state index contributed by atoms with van der Waals surface area (Å²) in [7, 11) is -5.52. The first kappa shape index (κ1) is 26.0. The zero-order valence-corrected chi connectivity index (χ0v) is 22.1. The number of fused-ring (bicyclic) bond motifs is 1. The molecule has 7 nitrogen and oxygen atoms in total. The third-order valence-electron chi connectivity index (χ3n) is 6.45. The van der Waals surface area contributed by atoms with Gasteiger partial charge >= 0.3 is 19.0 Å². The van der Waals surface area contributed by atoms with E-state index in [2.05, 4.69) is 0 Å². The molecule has 4 aromatic carbocycles. The number of esters is 1. The highest BCUT2D eigenvalue weighted by Crippen LogP contribution is 2.29. The number of nitrogens with zero attached hydrogens (tertiary/aromatic N) is 1. The smallest absolute Gasteiger partial charge is 0.502 e. The molecule has 0 N–H and O–H groups in total. The van der Waals surface area contributed by atoms with Gasteiger partial charge in [0.1, 0.15) is 6.10 Å². The minimum Gasteiger partial charge on any atom is -0.514 e. The van der Waals surface area contributed by atoms with Gasteiger partial charge in [-0.1, -0.05) is 71.8 Å². The fourth-order valence-corrected chi connectivity index (χ4v) is 6.27. The van der Waals surface area contributed by atoms with Crippen molar-refractivity contribution >= 4 is 56.8 Å². The van der Waals surface area contributed by atoms with Gasteiger partial charge in [0.15, 0.2) is 6.04 Å². The Hall–Kier alpha value is -3.66. The second-order valence-corrected chi connectivity index (χ2v) is 11.4. The van der Waals surface area contributed by atoms with Gasteiger partial charge in [-0.2, -0.15) is 4.22 Å². The molecule has 192 valence electrons. The van der Waals surface area contributed by atoms with Crippen LogP contribution in [0.25, 0.3) is 10.8 Å². The molecule has 0 aliphatic carbocycles. The summed E-state index contributed by atoms with van der Waals surface area (Å²) in [5.41, 5.74) is 1.57. The molecule has 10 heteroatoms. The Morgan fingerprint density at radius 3 is 2.32 bits per heavy atom. The van der Waals surface area contributed by atoms with Gasteiger partial charge in [0.25, 0.3) is 0 Å². The van der Waals surface area contributed by atoms with Crippen LogP contribution >= 0.6 is 11.6 Å². The second kappa shape index (κ2) is 10.2. The molecule has 1 heterocycles. The van der Waals surface area contributed by atoms with Crippen molar-refractivity contribution in [1.29, 1.82) is 0 Å². The van der Waals surface area contributed by atoms with Crippen LogP contribution in [0.1, 0.15) is 22.8 Å². The van der Waals surface area contributed by atoms with Crippen LogP contribution in [0.3, 0.4) is 0 Å². The molecular formula is C28H23BClNO6S. The van der Waals surface area contributed by atoms with Crippen LogP contribution in [0, 0.1) is 6.92 Å². The third kappa shape index (κ3) is 4.92. The molecule has 1 aliphatic rings. The summed E-state index contributed by atoms with van der Waals surface area (Å²) in [6, 6.07) is 23.9. The molecule has 0 bridgehead atoms. The lowest BCUT2D eigenvalue weighted by Gasteiger charge is -2.27. The third-order valence-corrected chi connectivity index (χ3v) is 8.54. The van der Waals surface area contributed by atoms with Gasteiger partial charge in [-0.3, -0.25) is 4.79 Å². The number of aryl methyl sites for hydroxylation is 1. The fraction of sp³-hybridized carbons (Fsp3) is 0.143. The maximum absolute atomic E-state index is 13.9. The number of carbonyl (C=O) groups excluding carboxylic acids is 2. The first-order chi connectivity index (χ1) is 18.1. The lowest BCUT2D eigenvalue weighted by Crippen LogP contribution is -2.54. The number of carbonyl (C=O) groups is 2. The predicted molar refractivity (Wildman–Crippen MR) is 146 cm³/mol. The minimum absolute atomic E-state index is 0.0154. The SMILES string of the molecule is Cc1ccc(S(=O)(=O)N2B(c3ccc(Cl)cc3)OC(=O)[C@@H]2[C@H](C)OC(=O)c2ccc3ccccc3c2)cc1. The quantitative estimate of drug-likeness (QED) is 0.263. The van der Waals surface area contributed by atoms with E-state index in [9.17, 15) is 18.0 Å². The Morgan fingerprint density at radius 1 is 0.974 bits per heavy atom. The number of halogens is 1. The van der Waals surface area contributed by atoms with Crippen molar-refractivity contribution < 1.29 is 27.4 Å². The fourth-order valence-electron chi connectivity index (χ4n) is 4.45. The maximum Gasteiger partial charge on any atom is 0.502 e. The van der Waals surface area contributed by atoms with Crippen molar-refractivity contribution in [2.45, 2.75) is 30.9 Å². The molecule has 0 saturated carbocycles. The summed E-state index contributed by atoms with van der Waals surface area (Å²) in [5.74, 6) is -1.50. The number of rotatable bonds is 6. The molecule has 0 amide bonds. The molecule has 0 aromatic heterocycles. The molecular weight excluding hydrogens is 525 g/mol. The predicted octanol–water partition coefficient (Wildman–Crippen LogP) is 4.36. The van der Waals surface area contributed by atoms with Crippen molar-refractivity contribution in [2.75, 3.05) is 0 Å². The van der Waals surface area contributed by atoms with Crippen LogP contribution in [0.4, 0.5) is 0 Å². The van der Waals surface area contributed by atoms with E-state index in [0.29, 0.717) is 10.5 Å². The van der Waals surface area contributed by atoms with Gasteiger partial charge in [-0.15, -0.1) is 0 Å². The van der Waals surface area contributed by atoms with E-state index in [0.717, 1.165) is 20.6 Å². The van der Waals surface area contributed by atoms with Gasteiger partial charge in [-0.25, -0.2) is 13.2 Å². The summed E-state index contributed by atoms with van der Waals surface area (Å²) in [4.78, 5) is 26.2. The highest BCUT2D eigenvalue weighted by atomic mass is 35.5. The van der Waals surface area contributed by atoms with Gasteiger partial charge in [0.05, 0.1) is 10.5 Å². The van der Waals surface area contributed by atoms with E-state index in [1.54, 1.807) is 54.6 Å². The minimum atomic E-state index is -4.26. The highest BCUT2D eigenvalue weighted by molar-refractivity contribution is 7.90. The van der Waals surface area contributed by atoms with Crippen LogP contribution in [0.5, 0.6) is 0 Å². The van der Waals surface area contributed by atoms with E-state index >= 15 is 0 Å². The average molecular weight is 548 g/mol. The largest absolute Gasteiger partial charge is 0.514 e. The van der Waals surface area contributed by atoms with Crippen LogP contribution in [-0.2, 0) is 24.2 Å². The average Bonchev–Trinajstić information content (AvgIpc) is 3.27. The first-order valence-electron chi connectivity index (χ1n) is 11.9. The Bertz CT molecular complexity index is 1630. The molecule has 4 aromatic rings. The summed E-state index contributed by atoms with van der Waals surface area (Å²) in [6.07, 6.45) is -1.15. The number of hydrogen-bond acceptors (Lipinski definition) is 6. The molecule has 1 aliphatic heterocycles. The molecule has 38 heavy (non-hydrogen) atoms. The Labute approximate surface area is 226 Å². The maximum atomic E-state index is 13.9. The summed E-state index contributed by atoms with van der Waals surface area (Å²) in [5, 5.41) is 2.25. The van der Waals surface area contributed by atoms with Gasteiger partial charge < -0.3 is 9.39 Å². The molecule has 1 fully saturated rings. The number of hydrogen-bond donors (Lipinski definition) is 0. The molecule has 1 saturated heterocycles. The number of benzene rings is 4. The van der Waals surface area contributed by atoms with Crippen molar-refractivity contribution in [3.05, 3.63) is 107 Å². The lowest BCUT2D eigenvalue weighted by atomic mass is 9.74. The molecule has 0 spiro atoms. The van der Waals surface area contributed by atoms with E-state index in [1.165, 1.54) is 19.1 Å². The topological polar surface area (TPSA) is 90.0 Å². The Balaban J connectivity index is 1.50. The standard InChI is InChI=1S/C28H23BClNO6S/c1-18-7-15-25(16-8-18)38(34,35)31-26(28(33)37-29(31)23-11-13-24(30)14-12-23)19(2)36-27(32)22-10-9-20-5-3-4-6-21(20)17-22/h3-17,19,26H,1-2H3/t19-,26-/m0/s1. The Morgan fingerprint density at radius 2 is 1.63 bits per heavy atom. The monoisotopic (exact) mass is 547 g/mol. The zero-order chi connectivity index (χ0) is 27.0. The molecule has 2 atom stereocenters. The summed E-state index contributed by atoms with van der Waals surface area (Å²) < 4.78 is 40.0. The first-order valence-corrected chi connectivity index (χ1v) is 13.7. The number of sulfonamides is 1. The molecule has 5 rings (SSSR count). The molecule has 0 unspecified atom stereocenters. The van der Waals surface area contributed by atoms with Gasteiger partial charge in [-0.05, 0) is 66.5 Å². The van der Waals surface area contributed by atoms with Crippen molar-refractivity contribution in [1.82, 2.24) is 4.22 Å². The van der Waals surface area contributed by atoms with E-state index in [1.807, 2.05) is 31.2 Å². The highest BCUT2D eigenvalue weighted by Gasteiger charge is 2.56. The van der Waals surface area contributed by atoms with Gasteiger partial charge in [0.2, 0.25) is 10.0 Å². The number of ether oxygens (including phenoxy) is 1. The van der Waals surface area contributed by atoms with Crippen LogP contribution in [-0.4, -0.2) is 43.8 Å². The van der Waals surface area contributed by atoms with Crippen molar-refractivity contribution in [2.24, 2.45) is 0 Å². The Kier molecular flexibility index (Phi) is 7.00. The normalized spacial score (nSPS) is 16.9. The van der Waals surface area contributed by atoms with Gasteiger partial charge in [0, 0.05) is 5.02 Å². The summed E-state index contributed by atoms with van der Waals surface area (Å²) >= 11 is 6.02. The van der Waals surface area contributed by atoms with Crippen molar-refractivity contribution in [3.63, 3.8) is 0 Å². The molecule has 0 radical (unpaired) electrons. The summed E-state index contributed by atoms with van der Waals surface area (Å²) in [6.45, 7) is 3.32.